The van der Waals surface area contributed by atoms with Gasteiger partial charge in [-0.05, 0) is 62.2 Å². The van der Waals surface area contributed by atoms with Crippen molar-refractivity contribution in [3.05, 3.63) is 59.8 Å². The van der Waals surface area contributed by atoms with Gasteiger partial charge < -0.3 is 14.1 Å². The van der Waals surface area contributed by atoms with Gasteiger partial charge >= 0.3 is 0 Å². The fraction of sp³-hybridized carbons (Fsp3) is 0.333. The van der Waals surface area contributed by atoms with Gasteiger partial charge in [-0.2, -0.15) is 4.31 Å². The lowest BCUT2D eigenvalue weighted by atomic mass is 9.97. The summed E-state index contributed by atoms with van der Waals surface area (Å²) in [5.74, 6) is 5.41. The second-order valence-electron chi connectivity index (χ2n) is 8.60. The number of ether oxygens (including phenoxy) is 1. The first kappa shape index (κ1) is 23.9. The zero-order valence-electron chi connectivity index (χ0n) is 19.1. The van der Waals surface area contributed by atoms with Gasteiger partial charge in [0.25, 0.3) is 5.91 Å². The van der Waals surface area contributed by atoms with E-state index in [1.165, 1.54) is 4.31 Å². The quantitative estimate of drug-likeness (QED) is 0.219. The smallest absolute Gasteiger partial charge is 0.265 e. The van der Waals surface area contributed by atoms with Crippen LogP contribution in [0.2, 0.25) is 0 Å². The summed E-state index contributed by atoms with van der Waals surface area (Å²) >= 11 is 0. The van der Waals surface area contributed by atoms with Crippen LogP contribution in [-0.2, 0) is 21.4 Å². The summed E-state index contributed by atoms with van der Waals surface area (Å²) < 4.78 is 35.4. The molecule has 0 saturated carbocycles. The number of benzene rings is 2. The van der Waals surface area contributed by atoms with E-state index in [2.05, 4.69) is 5.43 Å². The molecule has 10 heteroatoms. The minimum absolute atomic E-state index is 0.00362. The largest absolute Gasteiger partial charge is 0.491 e. The number of sulfonamides is 1. The zero-order valence-corrected chi connectivity index (χ0v) is 19.9. The molecule has 9 nitrogen and oxygen atoms in total. The Morgan fingerprint density at radius 1 is 1.24 bits per heavy atom. The highest BCUT2D eigenvalue weighted by atomic mass is 32.2. The molecular weight excluding hydrogens is 456 g/mol. The van der Waals surface area contributed by atoms with Crippen molar-refractivity contribution >= 4 is 33.1 Å². The molecule has 1 aliphatic heterocycles. The lowest BCUT2D eigenvalue weighted by molar-refractivity contribution is -0.108. The van der Waals surface area contributed by atoms with Crippen LogP contribution in [0, 0.1) is 0 Å². The highest BCUT2D eigenvalue weighted by molar-refractivity contribution is 7.89. The third kappa shape index (κ3) is 4.56. The van der Waals surface area contributed by atoms with E-state index in [0.29, 0.717) is 30.8 Å². The highest BCUT2D eigenvalue weighted by Gasteiger charge is 2.34. The minimum atomic E-state index is -3.65. The number of rotatable bonds is 8. The van der Waals surface area contributed by atoms with Crippen molar-refractivity contribution in [2.75, 3.05) is 13.1 Å². The Bertz CT molecular complexity index is 1320. The molecule has 4 rings (SSSR count). The number of hydrazine groups is 1. The number of hydrogen-bond donors (Lipinski definition) is 2. The van der Waals surface area contributed by atoms with Crippen LogP contribution in [0.15, 0.2) is 53.6 Å². The maximum atomic E-state index is 13.2. The summed E-state index contributed by atoms with van der Waals surface area (Å²) in [4.78, 5) is 23.4. The Hall–Kier alpha value is -3.21. The van der Waals surface area contributed by atoms with E-state index in [1.807, 2.05) is 26.1 Å². The number of nitrogens with zero attached hydrogens (tertiary/aromatic N) is 2. The molecule has 1 amide bonds. The van der Waals surface area contributed by atoms with Gasteiger partial charge in [0, 0.05) is 41.7 Å². The molecule has 34 heavy (non-hydrogen) atoms. The van der Waals surface area contributed by atoms with Gasteiger partial charge in [0.05, 0.1) is 17.5 Å². The Morgan fingerprint density at radius 3 is 2.62 bits per heavy atom. The van der Waals surface area contributed by atoms with Crippen LogP contribution in [0.3, 0.4) is 0 Å². The Morgan fingerprint density at radius 2 is 1.97 bits per heavy atom. The summed E-state index contributed by atoms with van der Waals surface area (Å²) in [6.45, 7) is 4.68. The normalized spacial score (nSPS) is 16.8. The van der Waals surface area contributed by atoms with Gasteiger partial charge in [0.1, 0.15) is 12.0 Å². The topological polar surface area (TPSA) is 124 Å². The second-order valence-corrected chi connectivity index (χ2v) is 10.5. The lowest BCUT2D eigenvalue weighted by Crippen LogP contribution is -2.29. The van der Waals surface area contributed by atoms with Gasteiger partial charge in [0.2, 0.25) is 10.0 Å². The standard InChI is InChI=1S/C24H28N4O5S/c1-16(2)33-19-4-6-20(7-5-19)34(31,32)28-10-9-18(14-28)22-15-27(11-12-29)23-13-17(24(30)26-25)3-8-21(22)23/h3-8,12-13,15-16,18H,9-11,14,25H2,1-2H3,(H,26,30). The molecule has 180 valence electrons. The molecule has 1 atom stereocenters. The first-order valence-electron chi connectivity index (χ1n) is 11.1. The fourth-order valence-electron chi connectivity index (χ4n) is 4.41. The molecule has 1 aliphatic rings. The minimum Gasteiger partial charge on any atom is -0.491 e. The summed E-state index contributed by atoms with van der Waals surface area (Å²) in [5.41, 5.74) is 4.17. The maximum Gasteiger partial charge on any atom is 0.265 e. The number of carbonyl (C=O) groups excluding carboxylic acids is 2. The Balaban J connectivity index is 1.60. The molecule has 1 aromatic heterocycles. The summed E-state index contributed by atoms with van der Waals surface area (Å²) in [6.07, 6.45) is 3.32. The summed E-state index contributed by atoms with van der Waals surface area (Å²) in [7, 11) is -3.65. The Kier molecular flexibility index (Phi) is 6.74. The van der Waals surface area contributed by atoms with E-state index in [4.69, 9.17) is 10.6 Å². The number of hydrogen-bond acceptors (Lipinski definition) is 6. The van der Waals surface area contributed by atoms with E-state index in [1.54, 1.807) is 41.0 Å². The first-order valence-corrected chi connectivity index (χ1v) is 12.5. The lowest BCUT2D eigenvalue weighted by Gasteiger charge is -2.17. The van der Waals surface area contributed by atoms with Crippen molar-refractivity contribution in [1.82, 2.24) is 14.3 Å². The number of aromatic nitrogens is 1. The molecule has 1 fully saturated rings. The van der Waals surface area contributed by atoms with Crippen LogP contribution in [0.1, 0.15) is 42.1 Å². The maximum absolute atomic E-state index is 13.2. The fourth-order valence-corrected chi connectivity index (χ4v) is 5.91. The van der Waals surface area contributed by atoms with Crippen LogP contribution in [0.25, 0.3) is 10.9 Å². The number of nitrogens with two attached hydrogens (primary N) is 1. The highest BCUT2D eigenvalue weighted by Crippen LogP contribution is 2.36. The summed E-state index contributed by atoms with van der Waals surface area (Å²) in [6, 6.07) is 11.7. The van der Waals surface area contributed by atoms with Crippen molar-refractivity contribution < 1.29 is 22.7 Å². The van der Waals surface area contributed by atoms with E-state index < -0.39 is 15.9 Å². The predicted molar refractivity (Wildman–Crippen MR) is 128 cm³/mol. The van der Waals surface area contributed by atoms with Crippen molar-refractivity contribution in [1.29, 1.82) is 0 Å². The Labute approximate surface area is 198 Å². The number of nitrogen functional groups attached to an aromatic ring is 1. The molecule has 1 saturated heterocycles. The third-order valence-corrected chi connectivity index (χ3v) is 7.88. The predicted octanol–water partition coefficient (Wildman–Crippen LogP) is 2.41. The average molecular weight is 485 g/mol. The van der Waals surface area contributed by atoms with Crippen LogP contribution in [0.5, 0.6) is 5.75 Å². The molecule has 0 bridgehead atoms. The van der Waals surface area contributed by atoms with Gasteiger partial charge in [-0.1, -0.05) is 6.07 Å². The van der Waals surface area contributed by atoms with E-state index in [9.17, 15) is 18.0 Å². The molecule has 3 aromatic rings. The number of nitrogens with one attached hydrogen (secondary N) is 1. The van der Waals surface area contributed by atoms with Crippen LogP contribution < -0.4 is 16.0 Å². The zero-order chi connectivity index (χ0) is 24.5. The third-order valence-electron chi connectivity index (χ3n) is 6.00. The van der Waals surface area contributed by atoms with Crippen molar-refractivity contribution in [2.24, 2.45) is 5.84 Å². The van der Waals surface area contributed by atoms with E-state index >= 15 is 0 Å². The first-order chi connectivity index (χ1) is 16.2. The van der Waals surface area contributed by atoms with Crippen molar-refractivity contribution in [3.63, 3.8) is 0 Å². The summed E-state index contributed by atoms with van der Waals surface area (Å²) in [5, 5.41) is 0.884. The SMILES string of the molecule is CC(C)Oc1ccc(S(=O)(=O)N2CCC(c3cn(CC=O)c4cc(C(=O)NN)ccc34)C2)cc1. The molecule has 2 aromatic carbocycles. The number of aldehydes is 1. The van der Waals surface area contributed by atoms with Gasteiger partial charge in [-0.25, -0.2) is 14.3 Å². The number of fused-ring (bicyclic) bond motifs is 1. The monoisotopic (exact) mass is 484 g/mol. The second kappa shape index (κ2) is 9.57. The number of carbonyl (C=O) groups is 2. The molecule has 0 spiro atoms. The van der Waals surface area contributed by atoms with Crippen LogP contribution in [-0.4, -0.2) is 48.7 Å². The van der Waals surface area contributed by atoms with E-state index in [-0.39, 0.29) is 23.5 Å². The molecule has 3 N–H and O–H groups in total. The van der Waals surface area contributed by atoms with Gasteiger partial charge in [-0.15, -0.1) is 0 Å². The molecule has 2 heterocycles. The van der Waals surface area contributed by atoms with Crippen molar-refractivity contribution in [3.8, 4) is 5.75 Å². The molecular formula is C24H28N4O5S. The average Bonchev–Trinajstić information content (AvgIpc) is 3.44. The number of amides is 1. The van der Waals surface area contributed by atoms with Crippen molar-refractivity contribution in [2.45, 2.75) is 43.7 Å². The molecule has 0 aliphatic carbocycles. The van der Waals surface area contributed by atoms with Crippen LogP contribution >= 0.6 is 0 Å². The van der Waals surface area contributed by atoms with Crippen LogP contribution in [0.4, 0.5) is 0 Å². The van der Waals surface area contributed by atoms with E-state index in [0.717, 1.165) is 22.8 Å². The molecule has 1 unspecified atom stereocenters. The van der Waals surface area contributed by atoms with Gasteiger partial charge in [0.15, 0.2) is 0 Å². The molecule has 0 radical (unpaired) electrons. The van der Waals surface area contributed by atoms with Gasteiger partial charge in [-0.3, -0.25) is 10.2 Å².